The maximum absolute atomic E-state index is 6.16. The van der Waals surface area contributed by atoms with Crippen LogP contribution in [0.1, 0.15) is 0 Å². The summed E-state index contributed by atoms with van der Waals surface area (Å²) < 4.78 is 3.12. The lowest BCUT2D eigenvalue weighted by molar-refractivity contribution is 0.697. The largest absolute Gasteiger partial charge is 0.245 e. The molecule has 2 heterocycles. The van der Waals surface area contributed by atoms with E-state index in [1.165, 1.54) is 23.7 Å². The van der Waals surface area contributed by atoms with E-state index in [2.05, 4.69) is 25.2 Å². The molecule has 0 aliphatic heterocycles. The molecule has 0 amide bonds. The van der Waals surface area contributed by atoms with E-state index in [1.807, 2.05) is 0 Å². The first-order chi connectivity index (χ1) is 10.6. The van der Waals surface area contributed by atoms with Crippen LogP contribution in [0, 0.1) is 0 Å². The predicted octanol–water partition coefficient (Wildman–Crippen LogP) is 3.11. The van der Waals surface area contributed by atoms with Crippen LogP contribution in [-0.2, 0) is 6.54 Å². The molecule has 0 radical (unpaired) electrons. The van der Waals surface area contributed by atoms with Gasteiger partial charge in [0.2, 0.25) is 0 Å². The molecule has 1 aromatic carbocycles. The third-order valence-corrected chi connectivity index (χ3v) is 3.72. The number of nitrogens with zero attached hydrogens (tertiary/aromatic N) is 7. The first-order valence-corrected chi connectivity index (χ1v) is 7.16. The zero-order valence-corrected chi connectivity index (χ0v) is 13.2. The molecule has 0 unspecified atom stereocenters. The van der Waals surface area contributed by atoms with Crippen LogP contribution in [0.15, 0.2) is 42.4 Å². The molecule has 7 nitrogen and oxygen atoms in total. The summed E-state index contributed by atoms with van der Waals surface area (Å²) >= 11 is 18.1. The summed E-state index contributed by atoms with van der Waals surface area (Å²) in [5.41, 5.74) is 0.474. The van der Waals surface area contributed by atoms with Crippen LogP contribution < -0.4 is 0 Å². The Balaban J connectivity index is 2.03. The first kappa shape index (κ1) is 15.0. The lowest BCUT2D eigenvalue weighted by Gasteiger charge is -2.08. The van der Waals surface area contributed by atoms with Gasteiger partial charge in [-0.1, -0.05) is 34.8 Å². The summed E-state index contributed by atoms with van der Waals surface area (Å²) in [6, 6.07) is 3.13. The third-order valence-electron chi connectivity index (χ3n) is 2.69. The van der Waals surface area contributed by atoms with Crippen molar-refractivity contribution in [1.82, 2.24) is 29.5 Å². The molecule has 3 aromatic rings. The van der Waals surface area contributed by atoms with Gasteiger partial charge in [-0.15, -0.1) is 0 Å². The third kappa shape index (κ3) is 3.27. The number of halogens is 3. The molecule has 0 fully saturated rings. The molecule has 0 aliphatic rings. The Hall–Kier alpha value is -1.96. The Morgan fingerprint density at radius 3 is 2.36 bits per heavy atom. The van der Waals surface area contributed by atoms with Crippen molar-refractivity contribution in [3.63, 3.8) is 0 Å². The fraction of sp³-hybridized carbons (Fsp3) is 0.0833. The minimum Gasteiger partial charge on any atom is -0.245 e. The van der Waals surface area contributed by atoms with Crippen molar-refractivity contribution in [3.05, 3.63) is 52.5 Å². The highest BCUT2D eigenvalue weighted by Crippen LogP contribution is 2.34. The standard InChI is InChI=1S/C12H8Cl3N7/c13-8-1-10(15)11(2-9(8)14)20-12(22-7-17-5-19-22)3-21-6-16-4-18-21/h1-2,4-7H,3H2. The highest BCUT2D eigenvalue weighted by Gasteiger charge is 2.10. The van der Waals surface area contributed by atoms with Crippen LogP contribution in [0.5, 0.6) is 0 Å². The lowest BCUT2D eigenvalue weighted by atomic mass is 10.3. The monoisotopic (exact) mass is 355 g/mol. The maximum atomic E-state index is 6.16. The van der Waals surface area contributed by atoms with Crippen LogP contribution in [0.2, 0.25) is 15.1 Å². The molecule has 0 spiro atoms. The molecular weight excluding hydrogens is 349 g/mol. The first-order valence-electron chi connectivity index (χ1n) is 6.03. The molecule has 112 valence electrons. The molecule has 0 saturated carbocycles. The Labute approximate surface area is 140 Å². The molecule has 0 aliphatic carbocycles. The van der Waals surface area contributed by atoms with Crippen LogP contribution in [-0.4, -0.2) is 35.4 Å². The Kier molecular flexibility index (Phi) is 4.37. The lowest BCUT2D eigenvalue weighted by Crippen LogP contribution is -2.19. The summed E-state index contributed by atoms with van der Waals surface area (Å²) in [4.78, 5) is 12.3. The number of hydrogen-bond acceptors (Lipinski definition) is 5. The van der Waals surface area contributed by atoms with E-state index in [-0.39, 0.29) is 0 Å². The SMILES string of the molecule is Clc1cc(Cl)c(N=C(Cn2cncn2)n2cncn2)cc1Cl. The molecule has 0 N–H and O–H groups in total. The van der Waals surface area contributed by atoms with Crippen molar-refractivity contribution < 1.29 is 0 Å². The average Bonchev–Trinajstić information content (AvgIpc) is 3.17. The van der Waals surface area contributed by atoms with E-state index in [9.17, 15) is 0 Å². The molecule has 0 bridgehead atoms. The van der Waals surface area contributed by atoms with Gasteiger partial charge in [0.15, 0.2) is 5.84 Å². The maximum Gasteiger partial charge on any atom is 0.153 e. The normalized spacial score (nSPS) is 11.9. The summed E-state index contributed by atoms with van der Waals surface area (Å²) in [5.74, 6) is 0.545. The van der Waals surface area contributed by atoms with Gasteiger partial charge in [0.25, 0.3) is 0 Å². The molecule has 0 atom stereocenters. The van der Waals surface area contributed by atoms with Gasteiger partial charge in [0.1, 0.15) is 31.9 Å². The minimum atomic E-state index is 0.333. The molecule has 10 heteroatoms. The number of rotatable bonds is 3. The molecular formula is C12H8Cl3N7. The van der Waals surface area contributed by atoms with Gasteiger partial charge in [0, 0.05) is 0 Å². The topological polar surface area (TPSA) is 73.8 Å². The highest BCUT2D eigenvalue weighted by molar-refractivity contribution is 6.44. The number of aliphatic imine (C=N–C) groups is 1. The van der Waals surface area contributed by atoms with Crippen LogP contribution >= 0.6 is 34.8 Å². The van der Waals surface area contributed by atoms with Gasteiger partial charge >= 0.3 is 0 Å². The van der Waals surface area contributed by atoms with Gasteiger partial charge in [-0.25, -0.2) is 24.3 Å². The van der Waals surface area contributed by atoms with E-state index in [4.69, 9.17) is 34.8 Å². The fourth-order valence-corrected chi connectivity index (χ4v) is 2.28. The van der Waals surface area contributed by atoms with Gasteiger partial charge in [0.05, 0.1) is 20.8 Å². The van der Waals surface area contributed by atoms with E-state index < -0.39 is 0 Å². The van der Waals surface area contributed by atoms with Crippen LogP contribution in [0.3, 0.4) is 0 Å². The molecule has 2 aromatic heterocycles. The molecule has 3 rings (SSSR count). The summed E-state index contributed by atoms with van der Waals surface area (Å²) in [6.07, 6.45) is 5.95. The number of hydrogen-bond donors (Lipinski definition) is 0. The van der Waals surface area contributed by atoms with E-state index in [0.29, 0.717) is 33.1 Å². The van der Waals surface area contributed by atoms with Crippen molar-refractivity contribution in [2.45, 2.75) is 6.54 Å². The van der Waals surface area contributed by atoms with Crippen molar-refractivity contribution in [2.75, 3.05) is 0 Å². The van der Waals surface area contributed by atoms with Crippen LogP contribution in [0.25, 0.3) is 0 Å². The summed E-state index contributed by atoms with van der Waals surface area (Å²) in [5, 5.41) is 9.23. The van der Waals surface area contributed by atoms with Gasteiger partial charge in [-0.05, 0) is 12.1 Å². The minimum absolute atomic E-state index is 0.333. The average molecular weight is 357 g/mol. The van der Waals surface area contributed by atoms with E-state index in [1.54, 1.807) is 23.1 Å². The zero-order valence-electron chi connectivity index (χ0n) is 10.9. The smallest absolute Gasteiger partial charge is 0.153 e. The van der Waals surface area contributed by atoms with Crippen molar-refractivity contribution in [1.29, 1.82) is 0 Å². The number of benzene rings is 1. The Bertz CT molecular complexity index is 797. The predicted molar refractivity (Wildman–Crippen MR) is 84.0 cm³/mol. The van der Waals surface area contributed by atoms with Crippen molar-refractivity contribution >= 4 is 46.3 Å². The summed E-state index contributed by atoms with van der Waals surface area (Å²) in [6.45, 7) is 0.333. The summed E-state index contributed by atoms with van der Waals surface area (Å²) in [7, 11) is 0. The second kappa shape index (κ2) is 6.43. The Morgan fingerprint density at radius 2 is 1.68 bits per heavy atom. The van der Waals surface area contributed by atoms with Gasteiger partial charge in [-0.2, -0.15) is 10.2 Å². The van der Waals surface area contributed by atoms with Gasteiger partial charge < -0.3 is 0 Å². The van der Waals surface area contributed by atoms with Crippen molar-refractivity contribution in [2.24, 2.45) is 4.99 Å². The van der Waals surface area contributed by atoms with Crippen molar-refractivity contribution in [3.8, 4) is 0 Å². The highest BCUT2D eigenvalue weighted by atomic mass is 35.5. The quantitative estimate of drug-likeness (QED) is 0.410. The van der Waals surface area contributed by atoms with Gasteiger partial charge in [-0.3, -0.25) is 0 Å². The number of aromatic nitrogens is 6. The van der Waals surface area contributed by atoms with E-state index in [0.717, 1.165) is 0 Å². The fourth-order valence-electron chi connectivity index (χ4n) is 1.70. The van der Waals surface area contributed by atoms with Crippen LogP contribution in [0.4, 0.5) is 5.69 Å². The molecule has 22 heavy (non-hydrogen) atoms. The zero-order chi connectivity index (χ0) is 15.5. The molecule has 0 saturated heterocycles. The van der Waals surface area contributed by atoms with E-state index >= 15 is 0 Å². The second-order valence-electron chi connectivity index (χ2n) is 4.18. The second-order valence-corrected chi connectivity index (χ2v) is 5.40. The Morgan fingerprint density at radius 1 is 0.955 bits per heavy atom.